The van der Waals surface area contributed by atoms with Crippen molar-refractivity contribution in [2.45, 2.75) is 13.8 Å². The Morgan fingerprint density at radius 1 is 1.00 bits per heavy atom. The van der Waals surface area contributed by atoms with Gasteiger partial charge >= 0.3 is 0 Å². The molecule has 0 unspecified atom stereocenters. The van der Waals surface area contributed by atoms with E-state index in [4.69, 9.17) is 0 Å². The number of aryl methyl sites for hydroxylation is 3. The maximum Gasteiger partial charge on any atom is 0.258 e. The number of anilines is 3. The largest absolute Gasteiger partial charge is 0.355 e. The van der Waals surface area contributed by atoms with E-state index in [-0.39, 0.29) is 11.4 Å². The van der Waals surface area contributed by atoms with Crippen molar-refractivity contribution in [3.05, 3.63) is 100 Å². The smallest absolute Gasteiger partial charge is 0.258 e. The van der Waals surface area contributed by atoms with Gasteiger partial charge in [-0.15, -0.1) is 0 Å². The standard InChI is InChI=1S/C26H24FN3OS/c1-5-32-29-19-10-11-24(28-25-16(2)12-18(27)13-17(25)3)22(14-19)23-15-30(4)26(31)21-9-7-6-8-20(21)23/h5-15,28-29H,1H2,2-4H3. The van der Waals surface area contributed by atoms with Gasteiger partial charge < -0.3 is 14.6 Å². The van der Waals surface area contributed by atoms with Gasteiger partial charge in [0.15, 0.2) is 0 Å². The molecule has 0 saturated heterocycles. The molecular weight excluding hydrogens is 421 g/mol. The van der Waals surface area contributed by atoms with Crippen molar-refractivity contribution in [2.24, 2.45) is 7.05 Å². The van der Waals surface area contributed by atoms with Crippen LogP contribution in [0.2, 0.25) is 0 Å². The lowest BCUT2D eigenvalue weighted by Crippen LogP contribution is -2.16. The molecule has 32 heavy (non-hydrogen) atoms. The molecule has 0 aliphatic rings. The Morgan fingerprint density at radius 3 is 2.38 bits per heavy atom. The van der Waals surface area contributed by atoms with Gasteiger partial charge in [0.2, 0.25) is 0 Å². The molecule has 1 aromatic heterocycles. The minimum absolute atomic E-state index is 0.0411. The third-order valence-electron chi connectivity index (χ3n) is 5.42. The topological polar surface area (TPSA) is 46.1 Å². The Kier molecular flexibility index (Phi) is 6.06. The molecule has 2 N–H and O–H groups in total. The van der Waals surface area contributed by atoms with E-state index < -0.39 is 0 Å². The summed E-state index contributed by atoms with van der Waals surface area (Å²) in [5, 5.41) is 6.76. The first-order chi connectivity index (χ1) is 15.4. The molecule has 4 rings (SSSR count). The molecule has 6 heteroatoms. The van der Waals surface area contributed by atoms with Crippen LogP contribution in [0.1, 0.15) is 11.1 Å². The van der Waals surface area contributed by atoms with Crippen molar-refractivity contribution < 1.29 is 4.39 Å². The summed E-state index contributed by atoms with van der Waals surface area (Å²) in [4.78, 5) is 12.7. The van der Waals surface area contributed by atoms with Crippen LogP contribution in [-0.2, 0) is 7.05 Å². The molecule has 0 radical (unpaired) electrons. The van der Waals surface area contributed by atoms with Crippen molar-refractivity contribution in [1.82, 2.24) is 4.57 Å². The summed E-state index contributed by atoms with van der Waals surface area (Å²) in [5.41, 5.74) is 6.08. The minimum atomic E-state index is -0.254. The van der Waals surface area contributed by atoms with Crippen LogP contribution >= 0.6 is 11.9 Å². The van der Waals surface area contributed by atoms with E-state index in [1.54, 1.807) is 17.0 Å². The molecule has 0 atom stereocenters. The monoisotopic (exact) mass is 445 g/mol. The predicted octanol–water partition coefficient (Wildman–Crippen LogP) is 6.91. The second-order valence-corrected chi connectivity index (χ2v) is 8.46. The Hall–Kier alpha value is -3.51. The number of benzene rings is 3. The van der Waals surface area contributed by atoms with Gasteiger partial charge in [-0.05, 0) is 84.1 Å². The van der Waals surface area contributed by atoms with Crippen LogP contribution in [0.15, 0.2) is 77.6 Å². The fraction of sp³-hybridized carbons (Fsp3) is 0.115. The summed E-state index contributed by atoms with van der Waals surface area (Å²) in [6, 6.07) is 16.7. The highest BCUT2D eigenvalue weighted by Crippen LogP contribution is 2.38. The summed E-state index contributed by atoms with van der Waals surface area (Å²) in [6.45, 7) is 7.51. The first kappa shape index (κ1) is 21.7. The van der Waals surface area contributed by atoms with Crippen molar-refractivity contribution in [3.8, 4) is 11.1 Å². The second kappa shape index (κ2) is 8.93. The average Bonchev–Trinajstić information content (AvgIpc) is 2.77. The van der Waals surface area contributed by atoms with Crippen LogP contribution in [0.25, 0.3) is 21.9 Å². The normalized spacial score (nSPS) is 10.9. The molecule has 0 spiro atoms. The molecule has 0 fully saturated rings. The molecule has 4 aromatic rings. The highest BCUT2D eigenvalue weighted by atomic mass is 32.2. The van der Waals surface area contributed by atoms with Crippen molar-refractivity contribution in [1.29, 1.82) is 0 Å². The number of aromatic nitrogens is 1. The highest BCUT2D eigenvalue weighted by Gasteiger charge is 2.15. The molecule has 1 heterocycles. The van der Waals surface area contributed by atoms with Gasteiger partial charge in [-0.25, -0.2) is 4.39 Å². The quantitative estimate of drug-likeness (QED) is 0.317. The van der Waals surface area contributed by atoms with E-state index in [1.807, 2.05) is 62.5 Å². The van der Waals surface area contributed by atoms with E-state index in [1.165, 1.54) is 24.1 Å². The number of nitrogens with one attached hydrogen (secondary N) is 2. The van der Waals surface area contributed by atoms with Crippen LogP contribution < -0.4 is 15.6 Å². The summed E-state index contributed by atoms with van der Waals surface area (Å²) in [6.07, 6.45) is 1.86. The summed E-state index contributed by atoms with van der Waals surface area (Å²) >= 11 is 1.39. The molecule has 3 aromatic carbocycles. The zero-order chi connectivity index (χ0) is 22.8. The van der Waals surface area contributed by atoms with Crippen LogP contribution in [0.3, 0.4) is 0 Å². The Bertz CT molecular complexity index is 1370. The number of pyridine rings is 1. The van der Waals surface area contributed by atoms with Gasteiger partial charge in [0.25, 0.3) is 5.56 Å². The van der Waals surface area contributed by atoms with Gasteiger partial charge in [0.1, 0.15) is 5.82 Å². The van der Waals surface area contributed by atoms with Gasteiger partial charge in [-0.3, -0.25) is 4.79 Å². The van der Waals surface area contributed by atoms with E-state index in [0.717, 1.165) is 44.7 Å². The van der Waals surface area contributed by atoms with E-state index in [0.29, 0.717) is 5.39 Å². The van der Waals surface area contributed by atoms with E-state index in [9.17, 15) is 9.18 Å². The number of nitrogens with zero attached hydrogens (tertiary/aromatic N) is 1. The number of halogens is 1. The first-order valence-corrected chi connectivity index (χ1v) is 11.1. The lowest BCUT2D eigenvalue weighted by molar-refractivity contribution is 0.625. The summed E-state index contributed by atoms with van der Waals surface area (Å²) < 4.78 is 18.7. The van der Waals surface area contributed by atoms with Crippen LogP contribution in [0.5, 0.6) is 0 Å². The molecule has 4 nitrogen and oxygen atoms in total. The fourth-order valence-corrected chi connectivity index (χ4v) is 4.27. The van der Waals surface area contributed by atoms with Crippen molar-refractivity contribution in [2.75, 3.05) is 10.0 Å². The van der Waals surface area contributed by atoms with Crippen molar-refractivity contribution >= 4 is 39.8 Å². The molecule has 0 saturated carbocycles. The Morgan fingerprint density at radius 2 is 1.69 bits per heavy atom. The summed E-state index contributed by atoms with van der Waals surface area (Å²) in [7, 11) is 1.76. The SMILES string of the molecule is C=CSNc1ccc(Nc2c(C)cc(F)cc2C)c(-c2cn(C)c(=O)c3ccccc23)c1. The summed E-state index contributed by atoms with van der Waals surface area (Å²) in [5.74, 6) is -0.254. The molecule has 0 aliphatic heterocycles. The van der Waals surface area contributed by atoms with Gasteiger partial charge in [-0.2, -0.15) is 0 Å². The molecule has 0 aliphatic carbocycles. The van der Waals surface area contributed by atoms with Gasteiger partial charge in [0.05, 0.1) is 0 Å². The second-order valence-electron chi connectivity index (χ2n) is 7.69. The van der Waals surface area contributed by atoms with Crippen LogP contribution in [0.4, 0.5) is 21.5 Å². The Labute approximate surface area is 190 Å². The Balaban J connectivity index is 1.95. The lowest BCUT2D eigenvalue weighted by Gasteiger charge is -2.19. The minimum Gasteiger partial charge on any atom is -0.355 e. The number of fused-ring (bicyclic) bond motifs is 1. The van der Waals surface area contributed by atoms with E-state index in [2.05, 4.69) is 16.6 Å². The lowest BCUT2D eigenvalue weighted by atomic mass is 9.98. The number of hydrogen-bond acceptors (Lipinski definition) is 4. The van der Waals surface area contributed by atoms with Gasteiger partial charge in [0, 0.05) is 46.8 Å². The maximum atomic E-state index is 13.8. The predicted molar refractivity (Wildman–Crippen MR) is 135 cm³/mol. The maximum absolute atomic E-state index is 13.8. The third-order valence-corrected chi connectivity index (χ3v) is 5.94. The zero-order valence-electron chi connectivity index (χ0n) is 18.2. The van der Waals surface area contributed by atoms with E-state index >= 15 is 0 Å². The highest BCUT2D eigenvalue weighted by molar-refractivity contribution is 8.03. The average molecular weight is 446 g/mol. The van der Waals surface area contributed by atoms with Crippen LogP contribution in [-0.4, -0.2) is 4.57 Å². The molecule has 162 valence electrons. The first-order valence-electron chi connectivity index (χ1n) is 10.2. The van der Waals surface area contributed by atoms with Crippen molar-refractivity contribution in [3.63, 3.8) is 0 Å². The third kappa shape index (κ3) is 4.14. The zero-order valence-corrected chi connectivity index (χ0v) is 19.0. The van der Waals surface area contributed by atoms with Gasteiger partial charge in [-0.1, -0.05) is 24.8 Å². The molecular formula is C26H24FN3OS. The number of hydrogen-bond donors (Lipinski definition) is 2. The molecule has 0 bridgehead atoms. The van der Waals surface area contributed by atoms with Crippen LogP contribution in [0, 0.1) is 19.7 Å². The molecule has 0 amide bonds. The number of rotatable bonds is 6. The fourth-order valence-electron chi connectivity index (χ4n) is 3.92.